The van der Waals surface area contributed by atoms with Gasteiger partial charge in [0, 0.05) is 12.7 Å². The first-order chi connectivity index (χ1) is 6.23. The maximum atomic E-state index is 11.5. The van der Waals surface area contributed by atoms with Gasteiger partial charge in [0.2, 0.25) is 0 Å². The van der Waals surface area contributed by atoms with Crippen LogP contribution < -0.4 is 4.52 Å². The van der Waals surface area contributed by atoms with Crippen molar-refractivity contribution in [2.75, 3.05) is 7.11 Å². The SMILES string of the molecule is COP1(=O)OCc2ccccc2O1. The second kappa shape index (κ2) is 3.14. The van der Waals surface area contributed by atoms with Gasteiger partial charge >= 0.3 is 7.82 Å². The highest BCUT2D eigenvalue weighted by Gasteiger charge is 2.32. The normalized spacial score (nSPS) is 26.2. The van der Waals surface area contributed by atoms with Gasteiger partial charge in [0.1, 0.15) is 5.75 Å². The van der Waals surface area contributed by atoms with E-state index in [1.54, 1.807) is 6.07 Å². The molecule has 0 N–H and O–H groups in total. The summed E-state index contributed by atoms with van der Waals surface area (Å²) in [7, 11) is -2.03. The Bertz CT molecular complexity index is 363. The number of benzene rings is 1. The minimum absolute atomic E-state index is 0.265. The van der Waals surface area contributed by atoms with Gasteiger partial charge in [-0.3, -0.25) is 9.05 Å². The fraction of sp³-hybridized carbons (Fsp3) is 0.250. The molecule has 0 aliphatic carbocycles. The Labute approximate surface area is 76.0 Å². The number of hydrogen-bond acceptors (Lipinski definition) is 4. The number of phosphoric acid groups is 1. The van der Waals surface area contributed by atoms with E-state index in [9.17, 15) is 4.57 Å². The second-order valence-corrected chi connectivity index (χ2v) is 4.30. The molecule has 0 saturated heterocycles. The molecule has 0 saturated carbocycles. The van der Waals surface area contributed by atoms with Crippen molar-refractivity contribution in [1.82, 2.24) is 0 Å². The zero-order chi connectivity index (χ0) is 9.31. The lowest BCUT2D eigenvalue weighted by atomic mass is 10.2. The Balaban J connectivity index is 2.35. The van der Waals surface area contributed by atoms with Crippen molar-refractivity contribution in [2.45, 2.75) is 6.61 Å². The average molecular weight is 200 g/mol. The van der Waals surface area contributed by atoms with Gasteiger partial charge in [-0.1, -0.05) is 18.2 Å². The summed E-state index contributed by atoms with van der Waals surface area (Å²) in [6.07, 6.45) is 0. The molecule has 1 heterocycles. The fourth-order valence-electron chi connectivity index (χ4n) is 1.10. The Morgan fingerprint density at radius 3 is 3.00 bits per heavy atom. The predicted octanol–water partition coefficient (Wildman–Crippen LogP) is 2.35. The van der Waals surface area contributed by atoms with Crippen LogP contribution in [0.5, 0.6) is 5.75 Å². The predicted molar refractivity (Wildman–Crippen MR) is 46.5 cm³/mol. The zero-order valence-electron chi connectivity index (χ0n) is 7.10. The molecule has 2 rings (SSSR count). The van der Waals surface area contributed by atoms with Crippen LogP contribution in [0.15, 0.2) is 24.3 Å². The zero-order valence-corrected chi connectivity index (χ0v) is 7.99. The first-order valence-corrected chi connectivity index (χ1v) is 5.27. The molecular formula is C8H9O4P. The van der Waals surface area contributed by atoms with E-state index in [2.05, 4.69) is 4.52 Å². The number of fused-ring (bicyclic) bond motifs is 1. The molecule has 70 valence electrons. The maximum absolute atomic E-state index is 11.5. The third-order valence-electron chi connectivity index (χ3n) is 1.78. The molecule has 1 aromatic carbocycles. The van der Waals surface area contributed by atoms with Crippen LogP contribution in [-0.2, 0) is 20.2 Å². The van der Waals surface area contributed by atoms with Crippen molar-refractivity contribution < 1.29 is 18.1 Å². The van der Waals surface area contributed by atoms with E-state index < -0.39 is 7.82 Å². The van der Waals surface area contributed by atoms with Crippen LogP contribution in [0, 0.1) is 0 Å². The van der Waals surface area contributed by atoms with Crippen molar-refractivity contribution in [2.24, 2.45) is 0 Å². The summed E-state index contributed by atoms with van der Waals surface area (Å²) in [6, 6.07) is 7.27. The van der Waals surface area contributed by atoms with Gasteiger partial charge in [0.05, 0.1) is 6.61 Å². The minimum Gasteiger partial charge on any atom is -0.404 e. The van der Waals surface area contributed by atoms with Crippen molar-refractivity contribution >= 4 is 7.82 Å². The highest BCUT2D eigenvalue weighted by Crippen LogP contribution is 2.53. The molecule has 4 nitrogen and oxygen atoms in total. The number of rotatable bonds is 1. The van der Waals surface area contributed by atoms with Crippen molar-refractivity contribution in [3.8, 4) is 5.75 Å². The summed E-state index contributed by atoms with van der Waals surface area (Å²) in [6.45, 7) is 0.265. The molecule has 0 spiro atoms. The van der Waals surface area contributed by atoms with Crippen LogP contribution in [0.25, 0.3) is 0 Å². The summed E-state index contributed by atoms with van der Waals surface area (Å²) >= 11 is 0. The molecule has 1 aromatic rings. The van der Waals surface area contributed by atoms with Gasteiger partial charge in [-0.25, -0.2) is 4.57 Å². The van der Waals surface area contributed by atoms with Gasteiger partial charge in [-0.2, -0.15) is 0 Å². The van der Waals surface area contributed by atoms with Gasteiger partial charge in [-0.15, -0.1) is 0 Å². The molecule has 0 amide bonds. The monoisotopic (exact) mass is 200 g/mol. The Morgan fingerprint density at radius 2 is 2.23 bits per heavy atom. The van der Waals surface area contributed by atoms with E-state index in [1.165, 1.54) is 7.11 Å². The van der Waals surface area contributed by atoms with Gasteiger partial charge in [-0.05, 0) is 6.07 Å². The Morgan fingerprint density at radius 1 is 1.46 bits per heavy atom. The molecular weight excluding hydrogens is 191 g/mol. The first-order valence-electron chi connectivity index (χ1n) is 3.81. The standard InChI is InChI=1S/C8H9O4P/c1-10-13(9)11-6-7-4-2-3-5-8(7)12-13/h2-5H,6H2,1H3. The van der Waals surface area contributed by atoms with Crippen molar-refractivity contribution in [3.63, 3.8) is 0 Å². The Hall–Kier alpha value is -0.830. The molecule has 1 atom stereocenters. The van der Waals surface area contributed by atoms with Crippen LogP contribution in [-0.4, -0.2) is 7.11 Å². The summed E-state index contributed by atoms with van der Waals surface area (Å²) in [5.74, 6) is 0.568. The molecule has 1 aliphatic heterocycles. The molecule has 1 unspecified atom stereocenters. The third kappa shape index (κ3) is 1.61. The summed E-state index contributed by atoms with van der Waals surface area (Å²) in [5, 5.41) is 0. The van der Waals surface area contributed by atoms with E-state index in [0.717, 1.165) is 5.56 Å². The van der Waals surface area contributed by atoms with E-state index in [4.69, 9.17) is 9.05 Å². The van der Waals surface area contributed by atoms with E-state index in [0.29, 0.717) is 5.75 Å². The van der Waals surface area contributed by atoms with Crippen LogP contribution in [0.4, 0.5) is 0 Å². The van der Waals surface area contributed by atoms with Crippen molar-refractivity contribution in [3.05, 3.63) is 29.8 Å². The van der Waals surface area contributed by atoms with E-state index in [1.807, 2.05) is 18.2 Å². The molecule has 0 aromatic heterocycles. The molecule has 0 fully saturated rings. The smallest absolute Gasteiger partial charge is 0.404 e. The van der Waals surface area contributed by atoms with Crippen LogP contribution >= 0.6 is 7.82 Å². The highest BCUT2D eigenvalue weighted by molar-refractivity contribution is 7.48. The lowest BCUT2D eigenvalue weighted by Gasteiger charge is -2.23. The maximum Gasteiger partial charge on any atom is 0.530 e. The third-order valence-corrected chi connectivity index (χ3v) is 3.10. The van der Waals surface area contributed by atoms with Gasteiger partial charge < -0.3 is 4.52 Å². The summed E-state index contributed by atoms with van der Waals surface area (Å²) in [4.78, 5) is 0. The lowest BCUT2D eigenvalue weighted by molar-refractivity contribution is 0.155. The van der Waals surface area contributed by atoms with Gasteiger partial charge in [0.25, 0.3) is 0 Å². The number of hydrogen-bond donors (Lipinski definition) is 0. The molecule has 0 bridgehead atoms. The topological polar surface area (TPSA) is 44.8 Å². The number of para-hydroxylation sites is 1. The van der Waals surface area contributed by atoms with Crippen molar-refractivity contribution in [1.29, 1.82) is 0 Å². The highest BCUT2D eigenvalue weighted by atomic mass is 31.2. The van der Waals surface area contributed by atoms with Gasteiger partial charge in [0.15, 0.2) is 0 Å². The Kier molecular flexibility index (Phi) is 2.12. The molecule has 0 radical (unpaired) electrons. The summed E-state index contributed by atoms with van der Waals surface area (Å²) in [5.41, 5.74) is 0.881. The summed E-state index contributed by atoms with van der Waals surface area (Å²) < 4.78 is 26.2. The lowest BCUT2D eigenvalue weighted by Crippen LogP contribution is -2.07. The molecule has 1 aliphatic rings. The number of phosphoric ester groups is 1. The fourth-order valence-corrected chi connectivity index (χ4v) is 2.05. The van der Waals surface area contributed by atoms with Crippen LogP contribution in [0.2, 0.25) is 0 Å². The molecule has 13 heavy (non-hydrogen) atoms. The van der Waals surface area contributed by atoms with E-state index >= 15 is 0 Å². The minimum atomic E-state index is -3.33. The molecule has 5 heteroatoms. The van der Waals surface area contributed by atoms with Crippen LogP contribution in [0.3, 0.4) is 0 Å². The second-order valence-electron chi connectivity index (χ2n) is 2.60. The average Bonchev–Trinajstić information content (AvgIpc) is 2.18. The largest absolute Gasteiger partial charge is 0.530 e. The first kappa shape index (κ1) is 8.75. The van der Waals surface area contributed by atoms with E-state index in [-0.39, 0.29) is 6.61 Å². The van der Waals surface area contributed by atoms with Crippen LogP contribution in [0.1, 0.15) is 5.56 Å². The quantitative estimate of drug-likeness (QED) is 0.652.